The van der Waals surface area contributed by atoms with E-state index in [9.17, 15) is 13.2 Å². The second kappa shape index (κ2) is 8.16. The van der Waals surface area contributed by atoms with E-state index in [1.165, 1.54) is 5.56 Å². The molecule has 0 aliphatic carbocycles. The van der Waals surface area contributed by atoms with Crippen LogP contribution in [-0.2, 0) is 17.3 Å². The SMILES string of the molecule is Cc1cc(CCN2CCOC(C)(C)C2)cc2cnc(-c3cc(C(F)(F)F)ccn3)nc12. The minimum atomic E-state index is -4.44. The Bertz CT molecular complexity index is 1100. The van der Waals surface area contributed by atoms with E-state index in [0.29, 0.717) is 0 Å². The normalized spacial score (nSPS) is 17.2. The Labute approximate surface area is 179 Å². The summed E-state index contributed by atoms with van der Waals surface area (Å²) in [5, 5.41) is 0.869. The largest absolute Gasteiger partial charge is 0.416 e. The number of morpholine rings is 1. The Morgan fingerprint density at radius 2 is 1.97 bits per heavy atom. The number of hydrogen-bond acceptors (Lipinski definition) is 5. The molecule has 0 saturated carbocycles. The van der Waals surface area contributed by atoms with Gasteiger partial charge in [0, 0.05) is 37.4 Å². The minimum absolute atomic E-state index is 0.107. The van der Waals surface area contributed by atoms with E-state index in [4.69, 9.17) is 4.74 Å². The molecule has 31 heavy (non-hydrogen) atoms. The third-order valence-corrected chi connectivity index (χ3v) is 5.47. The average molecular weight is 430 g/mol. The van der Waals surface area contributed by atoms with Crippen molar-refractivity contribution in [3.05, 3.63) is 53.3 Å². The van der Waals surface area contributed by atoms with Gasteiger partial charge < -0.3 is 4.74 Å². The molecule has 4 rings (SSSR count). The van der Waals surface area contributed by atoms with Crippen LogP contribution in [0, 0.1) is 6.92 Å². The van der Waals surface area contributed by atoms with Crippen LogP contribution in [0.2, 0.25) is 0 Å². The number of ether oxygens (including phenoxy) is 1. The molecule has 5 nitrogen and oxygen atoms in total. The molecule has 1 aliphatic rings. The van der Waals surface area contributed by atoms with Gasteiger partial charge in [-0.2, -0.15) is 13.2 Å². The summed E-state index contributed by atoms with van der Waals surface area (Å²) in [5.74, 6) is 0.185. The Kier molecular flexibility index (Phi) is 5.70. The number of aromatic nitrogens is 3. The van der Waals surface area contributed by atoms with Crippen LogP contribution in [0.3, 0.4) is 0 Å². The van der Waals surface area contributed by atoms with E-state index in [-0.39, 0.29) is 17.1 Å². The number of pyridine rings is 1. The van der Waals surface area contributed by atoms with Gasteiger partial charge in [0.1, 0.15) is 5.69 Å². The van der Waals surface area contributed by atoms with Gasteiger partial charge in [0.25, 0.3) is 0 Å². The number of benzene rings is 1. The predicted octanol–water partition coefficient (Wildman–Crippen LogP) is 4.67. The number of aryl methyl sites for hydroxylation is 1. The Morgan fingerprint density at radius 1 is 1.16 bits per heavy atom. The lowest BCUT2D eigenvalue weighted by Crippen LogP contribution is -2.48. The molecule has 1 aromatic carbocycles. The summed E-state index contributed by atoms with van der Waals surface area (Å²) in [4.78, 5) is 15.2. The molecule has 164 valence electrons. The number of alkyl halides is 3. The highest BCUT2D eigenvalue weighted by molar-refractivity contribution is 5.83. The van der Waals surface area contributed by atoms with Gasteiger partial charge in [0.15, 0.2) is 5.82 Å². The third kappa shape index (κ3) is 5.02. The van der Waals surface area contributed by atoms with Gasteiger partial charge in [-0.1, -0.05) is 6.07 Å². The summed E-state index contributed by atoms with van der Waals surface area (Å²) in [6.45, 7) is 9.66. The summed E-state index contributed by atoms with van der Waals surface area (Å²) in [6.07, 6.45) is -0.749. The van der Waals surface area contributed by atoms with E-state index >= 15 is 0 Å². The van der Waals surface area contributed by atoms with E-state index < -0.39 is 11.7 Å². The molecule has 1 aliphatic heterocycles. The van der Waals surface area contributed by atoms with E-state index in [2.05, 4.69) is 45.8 Å². The second-order valence-corrected chi connectivity index (χ2v) is 8.61. The molecule has 3 aromatic rings. The van der Waals surface area contributed by atoms with Gasteiger partial charge in [-0.25, -0.2) is 9.97 Å². The topological polar surface area (TPSA) is 51.1 Å². The molecule has 1 saturated heterocycles. The maximum Gasteiger partial charge on any atom is 0.416 e. The lowest BCUT2D eigenvalue weighted by Gasteiger charge is -2.38. The molecule has 8 heteroatoms. The summed E-state index contributed by atoms with van der Waals surface area (Å²) < 4.78 is 44.8. The van der Waals surface area contributed by atoms with Crippen molar-refractivity contribution in [2.45, 2.75) is 39.0 Å². The summed E-state index contributed by atoms with van der Waals surface area (Å²) in [5.41, 5.74) is 2.09. The molecule has 1 fully saturated rings. The summed E-state index contributed by atoms with van der Waals surface area (Å²) in [6, 6.07) is 6.06. The molecule has 0 atom stereocenters. The summed E-state index contributed by atoms with van der Waals surface area (Å²) >= 11 is 0. The van der Waals surface area contributed by atoms with Crippen molar-refractivity contribution in [2.24, 2.45) is 0 Å². The number of fused-ring (bicyclic) bond motifs is 1. The highest BCUT2D eigenvalue weighted by atomic mass is 19.4. The lowest BCUT2D eigenvalue weighted by atomic mass is 10.0. The molecule has 0 radical (unpaired) electrons. The quantitative estimate of drug-likeness (QED) is 0.602. The van der Waals surface area contributed by atoms with Gasteiger partial charge in [-0.15, -0.1) is 0 Å². The van der Waals surface area contributed by atoms with Gasteiger partial charge in [-0.05, 0) is 56.5 Å². The van der Waals surface area contributed by atoms with Crippen molar-refractivity contribution >= 4 is 10.9 Å². The highest BCUT2D eigenvalue weighted by Gasteiger charge is 2.31. The van der Waals surface area contributed by atoms with E-state index in [1.54, 1.807) is 6.20 Å². The molecule has 0 spiro atoms. The van der Waals surface area contributed by atoms with Crippen LogP contribution in [0.1, 0.15) is 30.5 Å². The maximum atomic E-state index is 13.0. The van der Waals surface area contributed by atoms with Gasteiger partial charge >= 0.3 is 6.18 Å². The first-order chi connectivity index (χ1) is 14.6. The van der Waals surface area contributed by atoms with Crippen LogP contribution in [-0.4, -0.2) is 51.7 Å². The predicted molar refractivity (Wildman–Crippen MR) is 113 cm³/mol. The molecule has 0 unspecified atom stereocenters. The Balaban J connectivity index is 1.56. The van der Waals surface area contributed by atoms with Gasteiger partial charge in [0.2, 0.25) is 0 Å². The first kappa shape index (κ1) is 21.6. The number of hydrogen-bond donors (Lipinski definition) is 0. The highest BCUT2D eigenvalue weighted by Crippen LogP contribution is 2.31. The van der Waals surface area contributed by atoms with Crippen LogP contribution >= 0.6 is 0 Å². The van der Waals surface area contributed by atoms with Crippen molar-refractivity contribution in [2.75, 3.05) is 26.2 Å². The zero-order chi connectivity index (χ0) is 22.2. The zero-order valence-corrected chi connectivity index (χ0v) is 17.8. The fraction of sp³-hybridized carbons (Fsp3) is 0.435. The fourth-order valence-electron chi connectivity index (χ4n) is 3.99. The molecule has 0 amide bonds. The van der Waals surface area contributed by atoms with Gasteiger partial charge in [0.05, 0.1) is 23.3 Å². The molecule has 3 heterocycles. The number of nitrogens with zero attached hydrogens (tertiary/aromatic N) is 4. The Hall–Kier alpha value is -2.58. The van der Waals surface area contributed by atoms with Crippen molar-refractivity contribution in [3.8, 4) is 11.5 Å². The molecule has 0 bridgehead atoms. The first-order valence-corrected chi connectivity index (χ1v) is 10.3. The monoisotopic (exact) mass is 430 g/mol. The van der Waals surface area contributed by atoms with E-state index in [1.807, 2.05) is 6.92 Å². The van der Waals surface area contributed by atoms with Crippen molar-refractivity contribution < 1.29 is 17.9 Å². The average Bonchev–Trinajstić information content (AvgIpc) is 2.71. The molecular formula is C23H25F3N4O. The van der Waals surface area contributed by atoms with Crippen LogP contribution in [0.4, 0.5) is 13.2 Å². The third-order valence-electron chi connectivity index (χ3n) is 5.47. The first-order valence-electron chi connectivity index (χ1n) is 10.3. The van der Waals surface area contributed by atoms with Crippen LogP contribution in [0.25, 0.3) is 22.4 Å². The van der Waals surface area contributed by atoms with Crippen molar-refractivity contribution in [1.82, 2.24) is 19.9 Å². The van der Waals surface area contributed by atoms with Crippen molar-refractivity contribution in [3.63, 3.8) is 0 Å². The zero-order valence-electron chi connectivity index (χ0n) is 17.8. The van der Waals surface area contributed by atoms with Crippen LogP contribution in [0.5, 0.6) is 0 Å². The standard InChI is InChI=1S/C23H25F3N4O/c1-15-10-16(5-7-30-8-9-31-22(2,3)14-30)11-17-13-28-21(29-20(15)17)19-12-18(4-6-27-19)23(24,25)26/h4,6,10-13H,5,7-9,14H2,1-3H3. The number of halogens is 3. The maximum absolute atomic E-state index is 13.0. The van der Waals surface area contributed by atoms with Crippen LogP contribution in [0.15, 0.2) is 36.7 Å². The fourth-order valence-corrected chi connectivity index (χ4v) is 3.99. The van der Waals surface area contributed by atoms with Crippen molar-refractivity contribution in [1.29, 1.82) is 0 Å². The van der Waals surface area contributed by atoms with Crippen LogP contribution < -0.4 is 0 Å². The minimum Gasteiger partial charge on any atom is -0.373 e. The number of rotatable bonds is 4. The Morgan fingerprint density at radius 3 is 2.71 bits per heavy atom. The molecule has 0 N–H and O–H groups in total. The smallest absolute Gasteiger partial charge is 0.373 e. The second-order valence-electron chi connectivity index (χ2n) is 8.61. The molecule has 2 aromatic heterocycles. The van der Waals surface area contributed by atoms with E-state index in [0.717, 1.165) is 67.5 Å². The molecular weight excluding hydrogens is 405 g/mol. The summed E-state index contributed by atoms with van der Waals surface area (Å²) in [7, 11) is 0. The lowest BCUT2D eigenvalue weighted by molar-refractivity contribution is -0.137. The van der Waals surface area contributed by atoms with Gasteiger partial charge in [-0.3, -0.25) is 9.88 Å².